The van der Waals surface area contributed by atoms with Gasteiger partial charge in [-0.25, -0.2) is 0 Å². The largest absolute Gasteiger partial charge is 0.453 e. The van der Waals surface area contributed by atoms with E-state index >= 15 is 0 Å². The fourth-order valence-corrected chi connectivity index (χ4v) is 2.70. The monoisotopic (exact) mass is 341 g/mol. The van der Waals surface area contributed by atoms with E-state index in [1.165, 1.54) is 0 Å². The van der Waals surface area contributed by atoms with Crippen molar-refractivity contribution < 1.29 is 18.0 Å². The zero-order chi connectivity index (χ0) is 16.6. The zero-order valence-electron chi connectivity index (χ0n) is 11.8. The summed E-state index contributed by atoms with van der Waals surface area (Å²) in [6.07, 6.45) is -4.68. The summed E-state index contributed by atoms with van der Waals surface area (Å²) >= 11 is 0.748. The van der Waals surface area contributed by atoms with Crippen molar-refractivity contribution in [1.29, 1.82) is 0 Å². The molecule has 0 aliphatic rings. The van der Waals surface area contributed by atoms with Crippen LogP contribution in [0.25, 0.3) is 4.96 Å². The molecule has 0 unspecified atom stereocenters. The molecule has 3 aromatic rings. The Balaban J connectivity index is 1.79. The van der Waals surface area contributed by atoms with Gasteiger partial charge >= 0.3 is 6.18 Å². The molecule has 0 atom stereocenters. The van der Waals surface area contributed by atoms with Crippen LogP contribution in [-0.4, -0.2) is 25.7 Å². The number of halogens is 3. The molecule has 2 aromatic heterocycles. The molecule has 3 rings (SSSR count). The minimum absolute atomic E-state index is 0.0848. The number of fused-ring (bicyclic) bond motifs is 1. The predicted molar refractivity (Wildman–Crippen MR) is 76.0 cm³/mol. The fourth-order valence-electron chi connectivity index (χ4n) is 1.95. The molecule has 1 N–H and O–H groups in total. The van der Waals surface area contributed by atoms with Gasteiger partial charge in [-0.05, 0) is 18.1 Å². The Labute approximate surface area is 132 Å². The normalized spacial score (nSPS) is 11.8. The van der Waals surface area contributed by atoms with Crippen molar-refractivity contribution in [1.82, 2.24) is 25.1 Å². The number of aryl methyl sites for hydroxylation is 1. The fraction of sp³-hybridized carbons (Fsp3) is 0.231. The van der Waals surface area contributed by atoms with Crippen molar-refractivity contribution in [3.63, 3.8) is 0 Å². The standard InChI is InChI=1S/C13H10F3N5OS/c1-7-4-2-3-5-8(7)6-17-9(22)10-20-21-11(13(14,15)16)18-19-12(21)23-10/h2-5H,6H2,1H3,(H,17,22). The van der Waals surface area contributed by atoms with Gasteiger partial charge in [0.05, 0.1) is 0 Å². The van der Waals surface area contributed by atoms with Crippen LogP contribution in [0.4, 0.5) is 13.2 Å². The van der Waals surface area contributed by atoms with Crippen LogP contribution in [0.1, 0.15) is 26.8 Å². The first-order chi connectivity index (χ1) is 10.9. The summed E-state index contributed by atoms with van der Waals surface area (Å²) < 4.78 is 38.7. The van der Waals surface area contributed by atoms with Crippen LogP contribution in [-0.2, 0) is 12.7 Å². The lowest BCUT2D eigenvalue weighted by atomic mass is 10.1. The van der Waals surface area contributed by atoms with Gasteiger partial charge in [0, 0.05) is 6.54 Å². The third-order valence-corrected chi connectivity index (χ3v) is 4.04. The number of hydrogen-bond acceptors (Lipinski definition) is 5. The van der Waals surface area contributed by atoms with Gasteiger partial charge in [0.25, 0.3) is 11.7 Å². The van der Waals surface area contributed by atoms with E-state index in [1.54, 1.807) is 0 Å². The molecule has 1 aromatic carbocycles. The molecule has 6 nitrogen and oxygen atoms in total. The Bertz CT molecular complexity index is 870. The second-order valence-electron chi connectivity index (χ2n) is 4.73. The quantitative estimate of drug-likeness (QED) is 0.794. The molecule has 0 saturated heterocycles. The van der Waals surface area contributed by atoms with Gasteiger partial charge in [-0.2, -0.15) is 17.7 Å². The number of nitrogens with one attached hydrogen (secondary N) is 1. The van der Waals surface area contributed by atoms with Crippen LogP contribution in [0.15, 0.2) is 24.3 Å². The van der Waals surface area contributed by atoms with E-state index in [-0.39, 0.29) is 16.5 Å². The molecule has 0 radical (unpaired) electrons. The van der Waals surface area contributed by atoms with Gasteiger partial charge in [-0.1, -0.05) is 35.6 Å². The van der Waals surface area contributed by atoms with Gasteiger partial charge < -0.3 is 5.32 Å². The lowest BCUT2D eigenvalue weighted by Crippen LogP contribution is -2.23. The van der Waals surface area contributed by atoms with E-state index in [9.17, 15) is 18.0 Å². The van der Waals surface area contributed by atoms with E-state index in [2.05, 4.69) is 20.6 Å². The van der Waals surface area contributed by atoms with Crippen LogP contribution in [0, 0.1) is 6.92 Å². The summed E-state index contributed by atoms with van der Waals surface area (Å²) in [5.41, 5.74) is 1.92. The number of aromatic nitrogens is 4. The molecule has 1 amide bonds. The third kappa shape index (κ3) is 3.02. The maximum Gasteiger partial charge on any atom is 0.453 e. The molecule has 0 bridgehead atoms. The lowest BCUT2D eigenvalue weighted by molar-refractivity contribution is -0.146. The van der Waals surface area contributed by atoms with Crippen LogP contribution < -0.4 is 5.32 Å². The number of carbonyl (C=O) groups is 1. The van der Waals surface area contributed by atoms with Gasteiger partial charge in [0.1, 0.15) is 0 Å². The van der Waals surface area contributed by atoms with Gasteiger partial charge in [0.15, 0.2) is 0 Å². The summed E-state index contributed by atoms with van der Waals surface area (Å²) in [6.45, 7) is 2.16. The van der Waals surface area contributed by atoms with Gasteiger partial charge in [-0.15, -0.1) is 15.3 Å². The van der Waals surface area contributed by atoms with Gasteiger partial charge in [-0.3, -0.25) is 4.79 Å². The van der Waals surface area contributed by atoms with Crippen LogP contribution >= 0.6 is 11.3 Å². The first-order valence-electron chi connectivity index (χ1n) is 6.48. The van der Waals surface area contributed by atoms with E-state index in [0.717, 1.165) is 22.5 Å². The minimum atomic E-state index is -4.68. The number of hydrogen-bond donors (Lipinski definition) is 1. The second-order valence-corrected chi connectivity index (χ2v) is 5.69. The summed E-state index contributed by atoms with van der Waals surface area (Å²) in [7, 11) is 0. The minimum Gasteiger partial charge on any atom is -0.346 e. The predicted octanol–water partition coefficient (Wildman–Crippen LogP) is 2.44. The Kier molecular flexibility index (Phi) is 3.76. The maximum atomic E-state index is 12.7. The molecule has 0 fully saturated rings. The van der Waals surface area contributed by atoms with Crippen molar-refractivity contribution in [2.45, 2.75) is 19.6 Å². The van der Waals surface area contributed by atoms with Gasteiger partial charge in [0.2, 0.25) is 9.97 Å². The molecule has 0 aliphatic heterocycles. The highest BCUT2D eigenvalue weighted by Crippen LogP contribution is 2.28. The topological polar surface area (TPSA) is 72.2 Å². The van der Waals surface area contributed by atoms with E-state index < -0.39 is 17.9 Å². The van der Waals surface area contributed by atoms with Crippen molar-refractivity contribution in [2.24, 2.45) is 0 Å². The average Bonchev–Trinajstić information content (AvgIpc) is 3.04. The Morgan fingerprint density at radius 3 is 2.74 bits per heavy atom. The Morgan fingerprint density at radius 2 is 2.04 bits per heavy atom. The Morgan fingerprint density at radius 1 is 1.30 bits per heavy atom. The summed E-state index contributed by atoms with van der Waals surface area (Å²) in [6, 6.07) is 7.48. The highest BCUT2D eigenvalue weighted by atomic mass is 32.1. The third-order valence-electron chi connectivity index (χ3n) is 3.14. The summed E-state index contributed by atoms with van der Waals surface area (Å²) in [5.74, 6) is -1.81. The molecule has 10 heteroatoms. The van der Waals surface area contributed by atoms with Crippen LogP contribution in [0.2, 0.25) is 0 Å². The zero-order valence-corrected chi connectivity index (χ0v) is 12.6. The van der Waals surface area contributed by atoms with Crippen molar-refractivity contribution in [3.05, 3.63) is 46.2 Å². The molecule has 2 heterocycles. The maximum absolute atomic E-state index is 12.7. The number of nitrogens with zero attached hydrogens (tertiary/aromatic N) is 4. The smallest absolute Gasteiger partial charge is 0.346 e. The summed E-state index contributed by atoms with van der Waals surface area (Å²) in [4.78, 5) is 12.0. The number of carbonyl (C=O) groups excluding carboxylic acids is 1. The van der Waals surface area contributed by atoms with Crippen LogP contribution in [0.5, 0.6) is 0 Å². The highest BCUT2D eigenvalue weighted by Gasteiger charge is 2.38. The number of amides is 1. The molecular weight excluding hydrogens is 331 g/mol. The molecule has 120 valence electrons. The first-order valence-corrected chi connectivity index (χ1v) is 7.30. The van der Waals surface area contributed by atoms with E-state index in [4.69, 9.17) is 0 Å². The summed E-state index contributed by atoms with van der Waals surface area (Å²) in [5, 5.41) is 12.6. The van der Waals surface area contributed by atoms with Crippen LogP contribution in [0.3, 0.4) is 0 Å². The molecule has 23 heavy (non-hydrogen) atoms. The van der Waals surface area contributed by atoms with Crippen molar-refractivity contribution in [2.75, 3.05) is 0 Å². The molecule has 0 spiro atoms. The lowest BCUT2D eigenvalue weighted by Gasteiger charge is -2.06. The second kappa shape index (κ2) is 5.61. The SMILES string of the molecule is Cc1ccccc1CNC(=O)c1nn2c(C(F)(F)F)nnc2s1. The molecule has 0 aliphatic carbocycles. The van der Waals surface area contributed by atoms with Crippen molar-refractivity contribution >= 4 is 22.2 Å². The Hall–Kier alpha value is -2.49. The number of benzene rings is 1. The van der Waals surface area contributed by atoms with E-state index in [0.29, 0.717) is 4.52 Å². The van der Waals surface area contributed by atoms with Crippen molar-refractivity contribution in [3.8, 4) is 0 Å². The highest BCUT2D eigenvalue weighted by molar-refractivity contribution is 7.18. The molecule has 0 saturated carbocycles. The number of rotatable bonds is 3. The average molecular weight is 341 g/mol. The van der Waals surface area contributed by atoms with E-state index in [1.807, 2.05) is 31.2 Å². The molecular formula is C13H10F3N5OS. The first kappa shape index (κ1) is 15.4. The number of alkyl halides is 3.